The highest BCUT2D eigenvalue weighted by molar-refractivity contribution is 14.0. The molecule has 0 aliphatic carbocycles. The van der Waals surface area contributed by atoms with Crippen LogP contribution in [0.5, 0.6) is 0 Å². The SMILES string of the molecule is CCC(CC)c1cc(CNC(=NC)NCc2nccn2Cc2ccccc2)on1.I. The van der Waals surface area contributed by atoms with Gasteiger partial charge in [0.15, 0.2) is 11.7 Å². The lowest BCUT2D eigenvalue weighted by atomic mass is 9.99. The van der Waals surface area contributed by atoms with Crippen LogP contribution in [0.3, 0.4) is 0 Å². The Kier molecular flexibility index (Phi) is 9.85. The molecule has 0 amide bonds. The predicted molar refractivity (Wildman–Crippen MR) is 130 cm³/mol. The van der Waals surface area contributed by atoms with Crippen molar-refractivity contribution in [3.8, 4) is 0 Å². The van der Waals surface area contributed by atoms with Crippen LogP contribution in [0.25, 0.3) is 0 Å². The van der Waals surface area contributed by atoms with Crippen LogP contribution < -0.4 is 10.6 Å². The van der Waals surface area contributed by atoms with E-state index in [1.54, 1.807) is 7.05 Å². The Morgan fingerprint density at radius 2 is 1.87 bits per heavy atom. The van der Waals surface area contributed by atoms with Crippen LogP contribution in [0.4, 0.5) is 0 Å². The number of nitrogens with zero attached hydrogens (tertiary/aromatic N) is 4. The summed E-state index contributed by atoms with van der Waals surface area (Å²) < 4.78 is 7.60. The van der Waals surface area contributed by atoms with Crippen molar-refractivity contribution in [3.63, 3.8) is 0 Å². The molecule has 0 aliphatic rings. The van der Waals surface area contributed by atoms with Crippen molar-refractivity contribution in [2.24, 2.45) is 4.99 Å². The monoisotopic (exact) mass is 522 g/mol. The number of aliphatic imine (C=N–C) groups is 1. The van der Waals surface area contributed by atoms with Gasteiger partial charge in [-0.2, -0.15) is 0 Å². The summed E-state index contributed by atoms with van der Waals surface area (Å²) in [5, 5.41) is 10.8. The van der Waals surface area contributed by atoms with Gasteiger partial charge in [0.05, 0.1) is 18.8 Å². The van der Waals surface area contributed by atoms with Crippen LogP contribution in [-0.2, 0) is 19.6 Å². The number of hydrogen-bond donors (Lipinski definition) is 2. The largest absolute Gasteiger partial charge is 0.359 e. The van der Waals surface area contributed by atoms with Crippen LogP contribution in [0.2, 0.25) is 0 Å². The van der Waals surface area contributed by atoms with Crippen LogP contribution in [0.15, 0.2) is 58.3 Å². The fourth-order valence-electron chi connectivity index (χ4n) is 3.30. The lowest BCUT2D eigenvalue weighted by Crippen LogP contribution is -2.36. The van der Waals surface area contributed by atoms with Crippen LogP contribution in [0.1, 0.15) is 55.4 Å². The maximum atomic E-state index is 5.47. The molecule has 0 unspecified atom stereocenters. The number of nitrogens with one attached hydrogen (secondary N) is 2. The van der Waals surface area contributed by atoms with Crippen molar-refractivity contribution in [1.29, 1.82) is 0 Å². The van der Waals surface area contributed by atoms with E-state index in [1.165, 1.54) is 5.56 Å². The highest BCUT2D eigenvalue weighted by atomic mass is 127. The molecule has 0 saturated heterocycles. The van der Waals surface area contributed by atoms with Crippen molar-refractivity contribution in [2.75, 3.05) is 7.05 Å². The third-order valence-electron chi connectivity index (χ3n) is 5.05. The van der Waals surface area contributed by atoms with Crippen molar-refractivity contribution in [3.05, 3.63) is 71.6 Å². The van der Waals surface area contributed by atoms with Gasteiger partial charge >= 0.3 is 0 Å². The number of hydrogen-bond acceptors (Lipinski definition) is 4. The number of imidazole rings is 1. The van der Waals surface area contributed by atoms with Gasteiger partial charge in [-0.05, 0) is 18.4 Å². The van der Waals surface area contributed by atoms with E-state index in [2.05, 4.69) is 56.3 Å². The second-order valence-electron chi connectivity index (χ2n) is 6.97. The Morgan fingerprint density at radius 3 is 2.57 bits per heavy atom. The van der Waals surface area contributed by atoms with E-state index < -0.39 is 0 Å². The Bertz CT molecular complexity index is 901. The van der Waals surface area contributed by atoms with Crippen molar-refractivity contribution in [1.82, 2.24) is 25.3 Å². The lowest BCUT2D eigenvalue weighted by Gasteiger charge is -2.12. The summed E-state index contributed by atoms with van der Waals surface area (Å²) in [6.07, 6.45) is 5.95. The second kappa shape index (κ2) is 12.4. The molecule has 0 spiro atoms. The molecule has 0 radical (unpaired) electrons. The first kappa shape index (κ1) is 23.9. The highest BCUT2D eigenvalue weighted by Crippen LogP contribution is 2.22. The summed E-state index contributed by atoms with van der Waals surface area (Å²) in [5.74, 6) is 2.90. The third-order valence-corrected chi connectivity index (χ3v) is 5.05. The van der Waals surface area contributed by atoms with Gasteiger partial charge in [-0.3, -0.25) is 4.99 Å². The molecule has 2 N–H and O–H groups in total. The zero-order valence-electron chi connectivity index (χ0n) is 17.8. The average molecular weight is 522 g/mol. The van der Waals surface area contributed by atoms with Gasteiger partial charge < -0.3 is 19.7 Å². The van der Waals surface area contributed by atoms with Gasteiger partial charge in [0.2, 0.25) is 0 Å². The lowest BCUT2D eigenvalue weighted by molar-refractivity contribution is 0.368. The van der Waals surface area contributed by atoms with Gasteiger partial charge in [0, 0.05) is 38.0 Å². The summed E-state index contributed by atoms with van der Waals surface area (Å²) >= 11 is 0. The molecule has 8 heteroatoms. The Hall–Kier alpha value is -2.36. The molecule has 0 fully saturated rings. The molecular weight excluding hydrogens is 491 g/mol. The molecule has 3 aromatic rings. The molecule has 0 atom stereocenters. The molecule has 162 valence electrons. The van der Waals surface area contributed by atoms with E-state index in [0.717, 1.165) is 36.7 Å². The predicted octanol–water partition coefficient (Wildman–Crippen LogP) is 4.31. The maximum Gasteiger partial charge on any atom is 0.191 e. The fraction of sp³-hybridized carbons (Fsp3) is 0.409. The minimum atomic E-state index is 0. The summed E-state index contributed by atoms with van der Waals surface area (Å²) in [4.78, 5) is 8.75. The molecule has 3 rings (SSSR count). The van der Waals surface area contributed by atoms with E-state index in [0.29, 0.717) is 25.0 Å². The van der Waals surface area contributed by atoms with E-state index in [1.807, 2.05) is 36.7 Å². The first-order valence-corrected chi connectivity index (χ1v) is 10.2. The topological polar surface area (TPSA) is 80.3 Å². The first-order chi connectivity index (χ1) is 14.2. The molecule has 0 aliphatic heterocycles. The Labute approximate surface area is 195 Å². The summed E-state index contributed by atoms with van der Waals surface area (Å²) in [6, 6.07) is 12.4. The Morgan fingerprint density at radius 1 is 1.13 bits per heavy atom. The van der Waals surface area contributed by atoms with Gasteiger partial charge in [-0.15, -0.1) is 24.0 Å². The molecule has 2 aromatic heterocycles. The van der Waals surface area contributed by atoms with Crippen LogP contribution in [0, 0.1) is 0 Å². The van der Waals surface area contributed by atoms with Gasteiger partial charge in [0.1, 0.15) is 5.82 Å². The molecule has 0 saturated carbocycles. The molecule has 0 bridgehead atoms. The fourth-order valence-corrected chi connectivity index (χ4v) is 3.30. The van der Waals surface area contributed by atoms with Crippen molar-refractivity contribution in [2.45, 2.75) is 52.2 Å². The zero-order valence-corrected chi connectivity index (χ0v) is 20.2. The van der Waals surface area contributed by atoms with Gasteiger partial charge in [-0.25, -0.2) is 4.98 Å². The normalized spacial score (nSPS) is 11.4. The van der Waals surface area contributed by atoms with E-state index in [9.17, 15) is 0 Å². The van der Waals surface area contributed by atoms with Crippen molar-refractivity contribution >= 4 is 29.9 Å². The van der Waals surface area contributed by atoms with Crippen LogP contribution >= 0.6 is 24.0 Å². The quantitative estimate of drug-likeness (QED) is 0.249. The Balaban J connectivity index is 0.00000320. The molecular formula is C22H31IN6O. The maximum absolute atomic E-state index is 5.47. The van der Waals surface area contributed by atoms with Crippen molar-refractivity contribution < 1.29 is 4.52 Å². The average Bonchev–Trinajstić information content (AvgIpc) is 3.40. The number of aromatic nitrogens is 3. The first-order valence-electron chi connectivity index (χ1n) is 10.2. The smallest absolute Gasteiger partial charge is 0.191 e. The minimum absolute atomic E-state index is 0. The summed E-state index contributed by atoms with van der Waals surface area (Å²) in [5.41, 5.74) is 2.27. The zero-order chi connectivity index (χ0) is 20.5. The van der Waals surface area contributed by atoms with E-state index in [4.69, 9.17) is 4.52 Å². The number of benzene rings is 1. The second-order valence-corrected chi connectivity index (χ2v) is 6.97. The summed E-state index contributed by atoms with van der Waals surface area (Å²) in [6.45, 7) is 6.25. The molecule has 30 heavy (non-hydrogen) atoms. The molecule has 7 nitrogen and oxygen atoms in total. The molecule has 2 heterocycles. The minimum Gasteiger partial charge on any atom is -0.359 e. The number of rotatable bonds is 9. The van der Waals surface area contributed by atoms with E-state index in [-0.39, 0.29) is 24.0 Å². The number of halogens is 1. The molecule has 1 aromatic carbocycles. The standard InChI is InChI=1S/C22H30N6O.HI/c1-4-18(5-2)20-13-19(29-27-20)14-25-22(23-3)26-15-21-24-11-12-28(21)16-17-9-7-6-8-10-17;/h6-13,18H,4-5,14-16H2,1-3H3,(H2,23,25,26);1H. The highest BCUT2D eigenvalue weighted by Gasteiger charge is 2.13. The summed E-state index contributed by atoms with van der Waals surface area (Å²) in [7, 11) is 1.75. The van der Waals surface area contributed by atoms with Gasteiger partial charge in [0.25, 0.3) is 0 Å². The van der Waals surface area contributed by atoms with Gasteiger partial charge in [-0.1, -0.05) is 49.3 Å². The van der Waals surface area contributed by atoms with E-state index >= 15 is 0 Å². The number of guanidine groups is 1. The van der Waals surface area contributed by atoms with Crippen LogP contribution in [-0.4, -0.2) is 27.7 Å². The third kappa shape index (κ3) is 6.58.